The highest BCUT2D eigenvalue weighted by molar-refractivity contribution is 5.61. The van der Waals surface area contributed by atoms with E-state index in [1.54, 1.807) is 37.4 Å². The highest BCUT2D eigenvalue weighted by atomic mass is 16.6. The summed E-state index contributed by atoms with van der Waals surface area (Å²) < 4.78 is 0. The molecule has 0 radical (unpaired) electrons. The number of pyridine rings is 1. The van der Waals surface area contributed by atoms with E-state index >= 15 is 0 Å². The van der Waals surface area contributed by atoms with Gasteiger partial charge in [-0.15, -0.1) is 0 Å². The van der Waals surface area contributed by atoms with E-state index in [0.29, 0.717) is 28.7 Å². The maximum atomic E-state index is 11.2. The van der Waals surface area contributed by atoms with Crippen LogP contribution in [0.1, 0.15) is 12.5 Å². The number of rotatable bonds is 8. The van der Waals surface area contributed by atoms with Crippen molar-refractivity contribution in [2.45, 2.75) is 19.5 Å². The monoisotopic (exact) mass is 380 g/mol. The van der Waals surface area contributed by atoms with E-state index in [9.17, 15) is 15.2 Å². The predicted molar refractivity (Wildman–Crippen MR) is 106 cm³/mol. The van der Waals surface area contributed by atoms with Gasteiger partial charge >= 0.3 is 0 Å². The number of benzene rings is 1. The fraction of sp³-hybridized carbons (Fsp3) is 0.211. The summed E-state index contributed by atoms with van der Waals surface area (Å²) in [6.07, 6.45) is 1.67. The van der Waals surface area contributed by atoms with E-state index < -0.39 is 4.92 Å². The standard InChI is InChI=1S/C19H20N6O3/c1-13(12-26)22-19-23-16(15-7-4-5-9-20-15)10-18(24-19)21-11-14-6-2-3-8-17(14)25(27)28/h2-10,13,26H,11-12H2,1H3,(H2,21,22,23,24)/t13-/m0/s1. The highest BCUT2D eigenvalue weighted by Gasteiger charge is 2.14. The van der Waals surface area contributed by atoms with Crippen molar-refractivity contribution in [2.24, 2.45) is 0 Å². The quantitative estimate of drug-likeness (QED) is 0.402. The summed E-state index contributed by atoms with van der Waals surface area (Å²) in [6.45, 7) is 1.96. The molecule has 0 unspecified atom stereocenters. The molecule has 3 rings (SSSR count). The number of nitrogens with zero attached hydrogens (tertiary/aromatic N) is 4. The second-order valence-electron chi connectivity index (χ2n) is 6.14. The average Bonchev–Trinajstić information content (AvgIpc) is 2.72. The van der Waals surface area contributed by atoms with Crippen molar-refractivity contribution in [1.82, 2.24) is 15.0 Å². The van der Waals surface area contributed by atoms with Crippen LogP contribution in [-0.4, -0.2) is 37.6 Å². The van der Waals surface area contributed by atoms with Crippen LogP contribution in [0.2, 0.25) is 0 Å². The Morgan fingerprint density at radius 3 is 2.64 bits per heavy atom. The van der Waals surface area contributed by atoms with Crippen molar-refractivity contribution in [2.75, 3.05) is 17.2 Å². The molecule has 0 amide bonds. The molecule has 28 heavy (non-hydrogen) atoms. The third kappa shape index (κ3) is 4.77. The zero-order chi connectivity index (χ0) is 19.9. The Bertz CT molecular complexity index is 951. The molecule has 3 aromatic rings. The second-order valence-corrected chi connectivity index (χ2v) is 6.14. The summed E-state index contributed by atoms with van der Waals surface area (Å²) in [6, 6.07) is 13.5. The van der Waals surface area contributed by atoms with Gasteiger partial charge in [0.2, 0.25) is 5.95 Å². The molecule has 0 fully saturated rings. The minimum Gasteiger partial charge on any atom is -0.394 e. The largest absolute Gasteiger partial charge is 0.394 e. The number of aliphatic hydroxyl groups is 1. The zero-order valence-corrected chi connectivity index (χ0v) is 15.2. The Morgan fingerprint density at radius 2 is 1.93 bits per heavy atom. The molecule has 0 aliphatic heterocycles. The highest BCUT2D eigenvalue weighted by Crippen LogP contribution is 2.22. The third-order valence-corrected chi connectivity index (χ3v) is 3.95. The average molecular weight is 380 g/mol. The molecule has 9 heteroatoms. The van der Waals surface area contributed by atoms with Gasteiger partial charge in [0.1, 0.15) is 5.82 Å². The lowest BCUT2D eigenvalue weighted by atomic mass is 10.2. The van der Waals surface area contributed by atoms with Crippen LogP contribution >= 0.6 is 0 Å². The molecular formula is C19H20N6O3. The molecule has 144 valence electrons. The van der Waals surface area contributed by atoms with E-state index in [1.807, 2.05) is 18.2 Å². The number of aliphatic hydroxyl groups excluding tert-OH is 1. The Morgan fingerprint density at radius 1 is 1.14 bits per heavy atom. The van der Waals surface area contributed by atoms with Gasteiger partial charge in [-0.05, 0) is 19.1 Å². The van der Waals surface area contributed by atoms with Gasteiger partial charge in [0.05, 0.1) is 22.9 Å². The number of para-hydroxylation sites is 1. The van der Waals surface area contributed by atoms with Crippen molar-refractivity contribution in [3.63, 3.8) is 0 Å². The van der Waals surface area contributed by atoms with Crippen LogP contribution in [0.25, 0.3) is 11.4 Å². The molecule has 0 saturated heterocycles. The van der Waals surface area contributed by atoms with Gasteiger partial charge in [-0.1, -0.05) is 24.3 Å². The first kappa shape index (κ1) is 19.2. The molecule has 0 aliphatic carbocycles. The predicted octanol–water partition coefficient (Wildman–Crippen LogP) is 2.85. The van der Waals surface area contributed by atoms with Crippen LogP contribution in [-0.2, 0) is 6.54 Å². The molecule has 0 aliphatic rings. The summed E-state index contributed by atoms with van der Waals surface area (Å²) in [7, 11) is 0. The van der Waals surface area contributed by atoms with Crippen LogP contribution in [0, 0.1) is 10.1 Å². The lowest BCUT2D eigenvalue weighted by Crippen LogP contribution is -2.21. The summed E-state index contributed by atoms with van der Waals surface area (Å²) in [4.78, 5) is 23.9. The SMILES string of the molecule is C[C@@H](CO)Nc1nc(NCc2ccccc2[N+](=O)[O-])cc(-c2ccccn2)n1. The number of hydrogen-bond donors (Lipinski definition) is 3. The first-order chi connectivity index (χ1) is 13.6. The molecule has 0 saturated carbocycles. The van der Waals surface area contributed by atoms with Crippen molar-refractivity contribution < 1.29 is 10.0 Å². The van der Waals surface area contributed by atoms with E-state index in [0.717, 1.165) is 0 Å². The number of aromatic nitrogens is 3. The number of anilines is 2. The second kappa shape index (κ2) is 8.87. The molecule has 9 nitrogen and oxygen atoms in total. The van der Waals surface area contributed by atoms with E-state index in [1.165, 1.54) is 6.07 Å². The summed E-state index contributed by atoms with van der Waals surface area (Å²) in [5.41, 5.74) is 1.84. The van der Waals surface area contributed by atoms with Crippen molar-refractivity contribution in [3.05, 3.63) is 70.4 Å². The summed E-state index contributed by atoms with van der Waals surface area (Å²) in [5, 5.41) is 26.6. The number of hydrogen-bond acceptors (Lipinski definition) is 8. The Balaban J connectivity index is 1.89. The molecule has 0 bridgehead atoms. The lowest BCUT2D eigenvalue weighted by molar-refractivity contribution is -0.385. The van der Waals surface area contributed by atoms with Crippen LogP contribution in [0.5, 0.6) is 0 Å². The topological polar surface area (TPSA) is 126 Å². The first-order valence-corrected chi connectivity index (χ1v) is 8.71. The molecule has 1 atom stereocenters. The molecule has 3 N–H and O–H groups in total. The zero-order valence-electron chi connectivity index (χ0n) is 15.2. The molecular weight excluding hydrogens is 360 g/mol. The van der Waals surface area contributed by atoms with Gasteiger partial charge in [-0.2, -0.15) is 4.98 Å². The summed E-state index contributed by atoms with van der Waals surface area (Å²) >= 11 is 0. The van der Waals surface area contributed by atoms with Crippen LogP contribution < -0.4 is 10.6 Å². The van der Waals surface area contributed by atoms with Crippen molar-refractivity contribution in [3.8, 4) is 11.4 Å². The fourth-order valence-corrected chi connectivity index (χ4v) is 2.54. The Hall–Kier alpha value is -3.59. The fourth-order valence-electron chi connectivity index (χ4n) is 2.54. The normalized spacial score (nSPS) is 11.6. The number of nitro benzene ring substituents is 1. The molecule has 2 aromatic heterocycles. The van der Waals surface area contributed by atoms with Crippen LogP contribution in [0.15, 0.2) is 54.7 Å². The van der Waals surface area contributed by atoms with E-state index in [-0.39, 0.29) is 24.9 Å². The van der Waals surface area contributed by atoms with Gasteiger partial charge < -0.3 is 15.7 Å². The van der Waals surface area contributed by atoms with Gasteiger partial charge in [-0.25, -0.2) is 4.98 Å². The van der Waals surface area contributed by atoms with Crippen molar-refractivity contribution >= 4 is 17.5 Å². The smallest absolute Gasteiger partial charge is 0.274 e. The summed E-state index contributed by atoms with van der Waals surface area (Å²) in [5.74, 6) is 0.816. The molecule has 2 heterocycles. The Labute approximate surface area is 161 Å². The van der Waals surface area contributed by atoms with Crippen molar-refractivity contribution in [1.29, 1.82) is 0 Å². The van der Waals surface area contributed by atoms with E-state index in [2.05, 4.69) is 25.6 Å². The minimum absolute atomic E-state index is 0.0428. The number of nitrogens with one attached hydrogen (secondary N) is 2. The van der Waals surface area contributed by atoms with Crippen LogP contribution in [0.4, 0.5) is 17.5 Å². The molecule has 1 aromatic carbocycles. The first-order valence-electron chi connectivity index (χ1n) is 8.71. The maximum absolute atomic E-state index is 11.2. The van der Waals surface area contributed by atoms with Gasteiger partial charge in [0, 0.05) is 36.5 Å². The lowest BCUT2D eigenvalue weighted by Gasteiger charge is -2.14. The third-order valence-electron chi connectivity index (χ3n) is 3.95. The van der Waals surface area contributed by atoms with Crippen LogP contribution in [0.3, 0.4) is 0 Å². The van der Waals surface area contributed by atoms with Gasteiger partial charge in [0.25, 0.3) is 5.69 Å². The molecule has 0 spiro atoms. The Kier molecular flexibility index (Phi) is 6.07. The van der Waals surface area contributed by atoms with Gasteiger partial charge in [-0.3, -0.25) is 15.1 Å². The minimum atomic E-state index is -0.410. The maximum Gasteiger partial charge on any atom is 0.274 e. The van der Waals surface area contributed by atoms with E-state index in [4.69, 9.17) is 0 Å². The van der Waals surface area contributed by atoms with Gasteiger partial charge in [0.15, 0.2) is 0 Å². The number of nitro groups is 1.